The maximum Gasteiger partial charge on any atom is 0.264 e. The Bertz CT molecular complexity index is 1310. The Morgan fingerprint density at radius 2 is 1.62 bits per heavy atom. The summed E-state index contributed by atoms with van der Waals surface area (Å²) < 4.78 is 45.6. The first-order valence-corrected chi connectivity index (χ1v) is 12.4. The summed E-state index contributed by atoms with van der Waals surface area (Å²) in [6, 6.07) is 20.7. The van der Waals surface area contributed by atoms with Gasteiger partial charge in [-0.2, -0.15) is 0 Å². The van der Waals surface area contributed by atoms with E-state index in [1.807, 2.05) is 25.1 Å². The maximum absolute atomic E-state index is 13.5. The van der Waals surface area contributed by atoms with Gasteiger partial charge in [-0.1, -0.05) is 42.0 Å². The zero-order valence-corrected chi connectivity index (χ0v) is 19.3. The highest BCUT2D eigenvalue weighted by Crippen LogP contribution is 2.37. The van der Waals surface area contributed by atoms with Crippen LogP contribution < -0.4 is 23.8 Å². The third-order valence-corrected chi connectivity index (χ3v) is 7.50. The van der Waals surface area contributed by atoms with Gasteiger partial charge in [0.2, 0.25) is 0 Å². The molecular formula is C25H24N2O6S. The van der Waals surface area contributed by atoms with Gasteiger partial charge in [0.05, 0.1) is 23.7 Å². The molecule has 3 aromatic rings. The lowest BCUT2D eigenvalue weighted by molar-refractivity contribution is -0.128. The smallest absolute Gasteiger partial charge is 0.264 e. The van der Waals surface area contributed by atoms with Crippen molar-refractivity contribution in [3.8, 4) is 17.2 Å². The summed E-state index contributed by atoms with van der Waals surface area (Å²) in [5.74, 6) is 1.18. The van der Waals surface area contributed by atoms with Crippen molar-refractivity contribution in [3.05, 3.63) is 78.4 Å². The number of anilines is 1. The Kier molecular flexibility index (Phi) is 5.79. The number of sulfonamides is 1. The highest BCUT2D eigenvalue weighted by Gasteiger charge is 2.37. The van der Waals surface area contributed by atoms with Crippen molar-refractivity contribution < 1.29 is 27.4 Å². The van der Waals surface area contributed by atoms with E-state index in [4.69, 9.17) is 14.2 Å². The number of nitrogens with one attached hydrogen (secondary N) is 1. The highest BCUT2D eigenvalue weighted by molar-refractivity contribution is 7.92. The Hall–Kier alpha value is -3.72. The lowest BCUT2D eigenvalue weighted by atomic mass is 10.2. The molecule has 0 saturated heterocycles. The number of para-hydroxylation sites is 4. The molecule has 2 aliphatic rings. The fraction of sp³-hybridized carbons (Fsp3) is 0.240. The van der Waals surface area contributed by atoms with E-state index in [0.717, 1.165) is 5.56 Å². The van der Waals surface area contributed by atoms with Gasteiger partial charge >= 0.3 is 0 Å². The number of aryl methyl sites for hydroxylation is 1. The van der Waals surface area contributed by atoms with Crippen LogP contribution in [0.4, 0.5) is 5.69 Å². The van der Waals surface area contributed by atoms with E-state index < -0.39 is 22.0 Å². The topological polar surface area (TPSA) is 94.2 Å². The minimum Gasteiger partial charge on any atom is -0.486 e. The van der Waals surface area contributed by atoms with Crippen LogP contribution in [0.15, 0.2) is 77.7 Å². The molecule has 5 rings (SSSR count). The third kappa shape index (κ3) is 4.26. The first kappa shape index (κ1) is 22.1. The van der Waals surface area contributed by atoms with Gasteiger partial charge in [-0.05, 0) is 43.3 Å². The van der Waals surface area contributed by atoms with Gasteiger partial charge in [-0.3, -0.25) is 9.10 Å². The molecule has 176 valence electrons. The van der Waals surface area contributed by atoms with Crippen LogP contribution in [0, 0.1) is 6.92 Å². The van der Waals surface area contributed by atoms with Crippen LogP contribution in [0.1, 0.15) is 5.56 Å². The Morgan fingerprint density at radius 3 is 2.38 bits per heavy atom. The van der Waals surface area contributed by atoms with Crippen LogP contribution in [0.5, 0.6) is 17.2 Å². The van der Waals surface area contributed by atoms with E-state index in [2.05, 4.69) is 5.32 Å². The van der Waals surface area contributed by atoms with Gasteiger partial charge in [-0.25, -0.2) is 8.42 Å². The van der Waals surface area contributed by atoms with Crippen molar-refractivity contribution in [2.24, 2.45) is 0 Å². The number of benzene rings is 3. The molecule has 0 bridgehead atoms. The normalized spacial score (nSPS) is 19.0. The molecular weight excluding hydrogens is 456 g/mol. The Morgan fingerprint density at radius 1 is 0.941 bits per heavy atom. The molecule has 0 spiro atoms. The zero-order valence-electron chi connectivity index (χ0n) is 18.5. The molecule has 0 unspecified atom stereocenters. The highest BCUT2D eigenvalue weighted by atomic mass is 32.2. The van der Waals surface area contributed by atoms with Crippen molar-refractivity contribution in [2.45, 2.75) is 24.0 Å². The average Bonchev–Trinajstić information content (AvgIpc) is 2.86. The van der Waals surface area contributed by atoms with Gasteiger partial charge in [0.15, 0.2) is 17.6 Å². The van der Waals surface area contributed by atoms with Crippen LogP contribution in [0.25, 0.3) is 0 Å². The fourth-order valence-electron chi connectivity index (χ4n) is 3.90. The second-order valence-electron chi connectivity index (χ2n) is 8.17. The van der Waals surface area contributed by atoms with Crippen molar-refractivity contribution in [2.75, 3.05) is 24.0 Å². The number of fused-ring (bicyclic) bond motifs is 2. The predicted molar refractivity (Wildman–Crippen MR) is 126 cm³/mol. The predicted octanol–water partition coefficient (Wildman–Crippen LogP) is 2.91. The van der Waals surface area contributed by atoms with Gasteiger partial charge < -0.3 is 19.5 Å². The largest absolute Gasteiger partial charge is 0.486 e. The zero-order chi connectivity index (χ0) is 23.7. The first-order chi connectivity index (χ1) is 16.4. The van der Waals surface area contributed by atoms with Crippen molar-refractivity contribution >= 4 is 21.6 Å². The number of nitrogens with zero attached hydrogens (tertiary/aromatic N) is 1. The molecule has 9 heteroatoms. The molecule has 0 aliphatic carbocycles. The van der Waals surface area contributed by atoms with Crippen LogP contribution in [-0.2, 0) is 14.8 Å². The standard InChI is InChI=1S/C25H24N2O6S/c1-17-10-12-19(13-11-17)34(29,30)27-15-24(33-21-7-3-2-6-20(21)27)25(28)26-14-18-16-31-22-8-4-5-9-23(22)32-18/h2-13,18,24H,14-16H2,1H3,(H,26,28)/t18-,24-/m1/s1. The van der Waals surface area contributed by atoms with Gasteiger partial charge in [0, 0.05) is 0 Å². The molecule has 0 saturated carbocycles. The van der Waals surface area contributed by atoms with Gasteiger partial charge in [0.25, 0.3) is 15.9 Å². The van der Waals surface area contributed by atoms with E-state index in [1.165, 1.54) is 4.31 Å². The van der Waals surface area contributed by atoms with E-state index in [9.17, 15) is 13.2 Å². The molecule has 2 atom stereocenters. The molecule has 1 N–H and O–H groups in total. The summed E-state index contributed by atoms with van der Waals surface area (Å²) in [6.07, 6.45) is -1.39. The van der Waals surface area contributed by atoms with E-state index >= 15 is 0 Å². The number of hydrogen-bond donors (Lipinski definition) is 1. The summed E-state index contributed by atoms with van der Waals surface area (Å²) in [5.41, 5.74) is 1.35. The molecule has 2 heterocycles. The molecule has 0 aromatic heterocycles. The molecule has 3 aromatic carbocycles. The second-order valence-corrected chi connectivity index (χ2v) is 10.0. The number of carbonyl (C=O) groups excluding carboxylic acids is 1. The molecule has 0 fully saturated rings. The average molecular weight is 481 g/mol. The van der Waals surface area contributed by atoms with E-state index in [1.54, 1.807) is 54.6 Å². The number of hydrogen-bond acceptors (Lipinski definition) is 6. The van der Waals surface area contributed by atoms with Gasteiger partial charge in [0.1, 0.15) is 18.5 Å². The van der Waals surface area contributed by atoms with Crippen molar-refractivity contribution in [1.29, 1.82) is 0 Å². The lowest BCUT2D eigenvalue weighted by Crippen LogP contribution is -2.52. The quantitative estimate of drug-likeness (QED) is 0.604. The maximum atomic E-state index is 13.5. The summed E-state index contributed by atoms with van der Waals surface area (Å²) in [7, 11) is -3.90. The SMILES string of the molecule is Cc1ccc(S(=O)(=O)N2C[C@H](C(=O)NC[C@@H]3COc4ccccc4O3)Oc3ccccc32)cc1. The lowest BCUT2D eigenvalue weighted by Gasteiger charge is -2.35. The number of ether oxygens (including phenoxy) is 3. The molecule has 1 amide bonds. The first-order valence-electron chi connectivity index (χ1n) is 10.9. The van der Waals surface area contributed by atoms with Crippen LogP contribution in [-0.4, -0.2) is 46.2 Å². The second kappa shape index (κ2) is 8.90. The summed E-state index contributed by atoms with van der Waals surface area (Å²) in [4.78, 5) is 13.1. The molecule has 8 nitrogen and oxygen atoms in total. The number of amides is 1. The fourth-order valence-corrected chi connectivity index (χ4v) is 5.37. The molecule has 0 radical (unpaired) electrons. The third-order valence-electron chi connectivity index (χ3n) is 5.71. The minimum absolute atomic E-state index is 0.149. The number of rotatable bonds is 5. The Balaban J connectivity index is 1.32. The van der Waals surface area contributed by atoms with Crippen LogP contribution >= 0.6 is 0 Å². The monoisotopic (exact) mass is 480 g/mol. The molecule has 34 heavy (non-hydrogen) atoms. The number of carbonyl (C=O) groups is 1. The van der Waals surface area contributed by atoms with Crippen molar-refractivity contribution in [1.82, 2.24) is 5.32 Å². The van der Waals surface area contributed by atoms with Crippen LogP contribution in [0.2, 0.25) is 0 Å². The van der Waals surface area contributed by atoms with Gasteiger partial charge in [-0.15, -0.1) is 0 Å². The Labute approximate surface area is 198 Å². The van der Waals surface area contributed by atoms with Crippen LogP contribution in [0.3, 0.4) is 0 Å². The van der Waals surface area contributed by atoms with E-state index in [0.29, 0.717) is 29.5 Å². The van der Waals surface area contributed by atoms with Crippen molar-refractivity contribution in [3.63, 3.8) is 0 Å². The van der Waals surface area contributed by atoms with E-state index in [-0.39, 0.29) is 24.1 Å². The summed E-state index contributed by atoms with van der Waals surface area (Å²) >= 11 is 0. The summed E-state index contributed by atoms with van der Waals surface area (Å²) in [5, 5.41) is 2.81. The summed E-state index contributed by atoms with van der Waals surface area (Å²) in [6.45, 7) is 2.23. The minimum atomic E-state index is -3.90. The molecule has 2 aliphatic heterocycles.